The molecule has 1 fully saturated rings. The summed E-state index contributed by atoms with van der Waals surface area (Å²) < 4.78 is 34.6. The molecule has 1 atom stereocenters. The minimum Gasteiger partial charge on any atom is -0.497 e. The molecule has 41 heavy (non-hydrogen) atoms. The van der Waals surface area contributed by atoms with Gasteiger partial charge in [0.25, 0.3) is 10.0 Å². The fourth-order valence-corrected chi connectivity index (χ4v) is 6.64. The number of hydrogen-bond donors (Lipinski definition) is 1. The van der Waals surface area contributed by atoms with Crippen LogP contribution in [0.2, 0.25) is 5.02 Å². The maximum Gasteiger partial charge on any atom is 0.344 e. The summed E-state index contributed by atoms with van der Waals surface area (Å²) in [5.74, 6) is 0.0696. The average Bonchev–Trinajstić information content (AvgIpc) is 3.51. The fraction of sp³-hybridized carbons (Fsp3) is 0.276. The van der Waals surface area contributed by atoms with Crippen LogP contribution in [-0.4, -0.2) is 60.4 Å². The van der Waals surface area contributed by atoms with Crippen molar-refractivity contribution in [1.29, 1.82) is 0 Å². The van der Waals surface area contributed by atoms with Gasteiger partial charge in [-0.2, -0.15) is 3.97 Å². The lowest BCUT2D eigenvalue weighted by Crippen LogP contribution is -2.40. The van der Waals surface area contributed by atoms with Gasteiger partial charge in [0, 0.05) is 31.1 Å². The number of nitrogens with one attached hydrogen (secondary N) is 1. The van der Waals surface area contributed by atoms with E-state index >= 15 is 0 Å². The molecule has 1 aromatic heterocycles. The summed E-state index contributed by atoms with van der Waals surface area (Å²) >= 11 is 6.30. The molecule has 4 aromatic rings. The van der Waals surface area contributed by atoms with E-state index in [1.54, 1.807) is 35.2 Å². The van der Waals surface area contributed by atoms with Crippen molar-refractivity contribution in [1.82, 2.24) is 18.8 Å². The third-order valence-electron chi connectivity index (χ3n) is 7.09. The lowest BCUT2D eigenvalue weighted by Gasteiger charge is -2.20. The number of fused-ring (bicyclic) bond motifs is 1. The summed E-state index contributed by atoms with van der Waals surface area (Å²) in [6, 6.07) is 17.6. The second kappa shape index (κ2) is 11.8. The molecular formula is C29H29ClN4O6S. The van der Waals surface area contributed by atoms with Gasteiger partial charge in [0.1, 0.15) is 11.8 Å². The summed E-state index contributed by atoms with van der Waals surface area (Å²) in [4.78, 5) is 41.4. The Morgan fingerprint density at radius 1 is 1.02 bits per heavy atom. The Kier molecular flexibility index (Phi) is 8.18. The first-order valence-electron chi connectivity index (χ1n) is 13.1. The molecule has 1 saturated heterocycles. The van der Waals surface area contributed by atoms with Crippen LogP contribution in [0.5, 0.6) is 5.75 Å². The number of rotatable bonds is 10. The molecule has 0 aliphatic carbocycles. The van der Waals surface area contributed by atoms with Crippen molar-refractivity contribution in [3.8, 4) is 5.75 Å². The summed E-state index contributed by atoms with van der Waals surface area (Å²) in [5, 5.41) is 3.15. The van der Waals surface area contributed by atoms with Crippen LogP contribution in [0.15, 0.2) is 82.5 Å². The molecule has 5 rings (SSSR count). The van der Waals surface area contributed by atoms with Crippen molar-refractivity contribution in [2.45, 2.75) is 30.2 Å². The third-order valence-corrected chi connectivity index (χ3v) is 9.03. The number of imidazole rings is 1. The first-order valence-corrected chi connectivity index (χ1v) is 15.0. The number of carbonyl (C=O) groups is 2. The molecule has 2 amide bonds. The summed E-state index contributed by atoms with van der Waals surface area (Å²) in [6.07, 6.45) is 1.90. The van der Waals surface area contributed by atoms with Crippen LogP contribution in [0.25, 0.3) is 11.0 Å². The van der Waals surface area contributed by atoms with E-state index in [1.165, 1.54) is 49.6 Å². The van der Waals surface area contributed by atoms with Crippen LogP contribution in [0, 0.1) is 0 Å². The van der Waals surface area contributed by atoms with Crippen LogP contribution >= 0.6 is 11.6 Å². The second-order valence-corrected chi connectivity index (χ2v) is 11.9. The van der Waals surface area contributed by atoms with Crippen molar-refractivity contribution in [3.63, 3.8) is 0 Å². The number of ether oxygens (including phenoxy) is 1. The van der Waals surface area contributed by atoms with Gasteiger partial charge in [-0.25, -0.2) is 13.2 Å². The van der Waals surface area contributed by atoms with Gasteiger partial charge in [0.2, 0.25) is 11.8 Å². The third kappa shape index (κ3) is 5.59. The zero-order valence-corrected chi connectivity index (χ0v) is 23.9. The van der Waals surface area contributed by atoms with E-state index in [4.69, 9.17) is 16.3 Å². The van der Waals surface area contributed by atoms with E-state index in [9.17, 15) is 22.8 Å². The highest BCUT2D eigenvalue weighted by Gasteiger charge is 2.32. The number of methoxy groups -OCH3 is 1. The van der Waals surface area contributed by atoms with Crippen LogP contribution in [0.1, 0.15) is 30.9 Å². The number of hydrogen-bond acceptors (Lipinski definition) is 6. The van der Waals surface area contributed by atoms with Gasteiger partial charge in [0.15, 0.2) is 0 Å². The fourth-order valence-electron chi connectivity index (χ4n) is 5.07. The molecule has 1 N–H and O–H groups in total. The maximum absolute atomic E-state index is 14.1. The largest absolute Gasteiger partial charge is 0.497 e. The Morgan fingerprint density at radius 3 is 2.41 bits per heavy atom. The lowest BCUT2D eigenvalue weighted by atomic mass is 10.1. The van der Waals surface area contributed by atoms with Crippen LogP contribution < -0.4 is 15.7 Å². The number of likely N-dealkylation sites (tertiary alicyclic amines) is 1. The molecule has 1 aliphatic rings. The number of carbonyl (C=O) groups excluding carboxylic acids is 2. The van der Waals surface area contributed by atoms with E-state index in [-0.39, 0.29) is 33.4 Å². The van der Waals surface area contributed by atoms with Gasteiger partial charge in [0.05, 0.1) is 23.0 Å². The highest BCUT2D eigenvalue weighted by Crippen LogP contribution is 2.28. The zero-order chi connectivity index (χ0) is 29.1. The first-order chi connectivity index (χ1) is 19.7. The molecule has 2 heterocycles. The van der Waals surface area contributed by atoms with Gasteiger partial charge in [-0.05, 0) is 60.9 Å². The SMILES string of the molecule is COc1ccc(S(=O)(=O)n2c(=O)n(C(C(=O)NCCCN3CCCC3=O)c3ccccc3)c3cc(Cl)ccc32)cc1. The van der Waals surface area contributed by atoms with Gasteiger partial charge in [-0.15, -0.1) is 0 Å². The van der Waals surface area contributed by atoms with E-state index in [2.05, 4.69) is 5.32 Å². The predicted molar refractivity (Wildman–Crippen MR) is 155 cm³/mol. The van der Waals surface area contributed by atoms with Crippen molar-refractivity contribution in [2.75, 3.05) is 26.7 Å². The van der Waals surface area contributed by atoms with Crippen molar-refractivity contribution < 1.29 is 22.7 Å². The van der Waals surface area contributed by atoms with E-state index < -0.39 is 27.7 Å². The highest BCUT2D eigenvalue weighted by atomic mass is 35.5. The number of halogens is 1. The van der Waals surface area contributed by atoms with Crippen molar-refractivity contribution >= 4 is 44.5 Å². The smallest absolute Gasteiger partial charge is 0.344 e. The van der Waals surface area contributed by atoms with Gasteiger partial charge >= 0.3 is 5.69 Å². The molecule has 0 radical (unpaired) electrons. The van der Waals surface area contributed by atoms with Gasteiger partial charge < -0.3 is 15.0 Å². The molecule has 10 nitrogen and oxygen atoms in total. The quantitative estimate of drug-likeness (QED) is 0.280. The van der Waals surface area contributed by atoms with E-state index in [0.29, 0.717) is 41.2 Å². The molecule has 1 aliphatic heterocycles. The molecule has 214 valence electrons. The monoisotopic (exact) mass is 596 g/mol. The Hall–Kier alpha value is -4.09. The molecular weight excluding hydrogens is 568 g/mol. The topological polar surface area (TPSA) is 120 Å². The minimum absolute atomic E-state index is 0.0801. The van der Waals surface area contributed by atoms with Gasteiger partial charge in [-0.1, -0.05) is 41.9 Å². The molecule has 1 unspecified atom stereocenters. The van der Waals surface area contributed by atoms with Crippen LogP contribution in [0.4, 0.5) is 0 Å². The Balaban J connectivity index is 1.57. The zero-order valence-electron chi connectivity index (χ0n) is 22.3. The average molecular weight is 597 g/mol. The van der Waals surface area contributed by atoms with Crippen molar-refractivity contribution in [3.05, 3.63) is 93.9 Å². The Morgan fingerprint density at radius 2 is 1.76 bits per heavy atom. The normalized spacial score (nSPS) is 14.4. The lowest BCUT2D eigenvalue weighted by molar-refractivity contribution is -0.127. The first kappa shape index (κ1) is 28.4. The number of nitrogens with zero attached hydrogens (tertiary/aromatic N) is 3. The maximum atomic E-state index is 14.1. The van der Waals surface area contributed by atoms with E-state index in [1.807, 2.05) is 0 Å². The second-order valence-electron chi connectivity index (χ2n) is 9.67. The summed E-state index contributed by atoms with van der Waals surface area (Å²) in [7, 11) is -2.91. The molecule has 0 bridgehead atoms. The Labute approximate surface area is 242 Å². The number of amides is 2. The molecule has 3 aromatic carbocycles. The van der Waals surface area contributed by atoms with Crippen molar-refractivity contribution in [2.24, 2.45) is 0 Å². The van der Waals surface area contributed by atoms with Crippen LogP contribution in [-0.2, 0) is 19.6 Å². The van der Waals surface area contributed by atoms with Crippen LogP contribution in [0.3, 0.4) is 0 Å². The van der Waals surface area contributed by atoms with E-state index in [0.717, 1.165) is 11.0 Å². The summed E-state index contributed by atoms with van der Waals surface area (Å²) in [6.45, 7) is 1.49. The Bertz CT molecular complexity index is 1750. The number of aromatic nitrogens is 2. The minimum atomic E-state index is -4.37. The molecule has 12 heteroatoms. The highest BCUT2D eigenvalue weighted by molar-refractivity contribution is 7.90. The number of benzene rings is 3. The predicted octanol–water partition coefficient (Wildman–Crippen LogP) is 3.42. The molecule has 0 spiro atoms. The standard InChI is InChI=1S/C29H29ClN4O6S/c1-40-22-11-13-23(14-12-22)41(38,39)34-24-15-10-21(30)19-25(24)33(29(34)37)27(20-7-3-2-4-8-20)28(36)31-16-6-18-32-17-5-9-26(32)35/h2-4,7-8,10-15,19,27H,5-6,9,16-18H2,1H3,(H,31,36). The summed E-state index contributed by atoms with van der Waals surface area (Å²) in [5.41, 5.74) is -0.157. The molecule has 0 saturated carbocycles. The van der Waals surface area contributed by atoms with Gasteiger partial charge in [-0.3, -0.25) is 14.2 Å².